The average Bonchev–Trinajstić information content (AvgIpc) is 2.86. The summed E-state index contributed by atoms with van der Waals surface area (Å²) in [7, 11) is 1.62. The third-order valence-corrected chi connectivity index (χ3v) is 2.92. The number of hydrogen-bond acceptors (Lipinski definition) is 6. The second-order valence-corrected chi connectivity index (χ2v) is 4.21. The number of benzene rings is 1. The minimum atomic E-state index is 0.178. The Bertz CT molecular complexity index is 675. The molecule has 2 heterocycles. The molecule has 3 aromatic rings. The van der Waals surface area contributed by atoms with Crippen molar-refractivity contribution in [2.24, 2.45) is 0 Å². The first-order valence-corrected chi connectivity index (χ1v) is 5.60. The summed E-state index contributed by atoms with van der Waals surface area (Å²) < 4.78 is 12.0. The van der Waals surface area contributed by atoms with E-state index in [4.69, 9.17) is 14.6 Å². The van der Waals surface area contributed by atoms with Crippen LogP contribution in [-0.4, -0.2) is 21.1 Å². The number of ether oxygens (including phenoxy) is 1. The topological polar surface area (TPSA) is 76.4 Å². The van der Waals surface area contributed by atoms with E-state index in [0.717, 1.165) is 22.8 Å². The van der Waals surface area contributed by atoms with Gasteiger partial charge in [-0.25, -0.2) is 0 Å². The van der Waals surface area contributed by atoms with Crippen molar-refractivity contribution in [1.82, 2.24) is 14.0 Å². The van der Waals surface area contributed by atoms with Crippen LogP contribution in [-0.2, 0) is 0 Å². The Morgan fingerprint density at radius 3 is 2.76 bits per heavy atom. The zero-order valence-corrected chi connectivity index (χ0v) is 9.69. The lowest BCUT2D eigenvalue weighted by Gasteiger charge is -1.98. The molecule has 0 atom stereocenters. The van der Waals surface area contributed by atoms with E-state index in [2.05, 4.69) is 10.1 Å². The summed E-state index contributed by atoms with van der Waals surface area (Å²) in [5, 5.41) is 11.5. The summed E-state index contributed by atoms with van der Waals surface area (Å²) >= 11 is 1.12. The molecule has 0 fully saturated rings. The molecule has 2 aromatic heterocycles. The van der Waals surface area contributed by atoms with E-state index in [1.165, 1.54) is 3.90 Å². The molecule has 0 aliphatic heterocycles. The first-order valence-electron chi connectivity index (χ1n) is 4.82. The minimum Gasteiger partial charge on any atom is -0.497 e. The predicted octanol–water partition coefficient (Wildman–Crippen LogP) is 1.54. The molecule has 1 N–H and O–H groups in total. The van der Waals surface area contributed by atoms with E-state index in [1.807, 2.05) is 24.3 Å². The van der Waals surface area contributed by atoms with Gasteiger partial charge in [0, 0.05) is 17.1 Å². The molecule has 6 nitrogen and oxygen atoms in total. The van der Waals surface area contributed by atoms with Gasteiger partial charge in [-0.2, -0.15) is 4.98 Å². The number of fused-ring (bicyclic) bond motifs is 1. The Labute approximate surface area is 99.8 Å². The lowest BCUT2D eigenvalue weighted by molar-refractivity contribution is 0.415. The van der Waals surface area contributed by atoms with Gasteiger partial charge in [-0.15, -0.1) is 9.00 Å². The van der Waals surface area contributed by atoms with Crippen molar-refractivity contribution in [3.05, 3.63) is 29.1 Å². The first-order chi connectivity index (χ1) is 8.26. The smallest absolute Gasteiger partial charge is 0.337 e. The van der Waals surface area contributed by atoms with Gasteiger partial charge >= 0.3 is 5.84 Å². The van der Waals surface area contributed by atoms with E-state index >= 15 is 0 Å². The standard InChI is InChI=1S/C10H8N4O2S/c1-15-7-4-2-6(3-5-7)8-13-14-10(16-8)12-9(11)17-14/h2-5,11H,1H3. The number of aromatic nitrogens is 3. The molecule has 0 amide bonds. The summed E-state index contributed by atoms with van der Waals surface area (Å²) in [4.78, 5) is 4.07. The lowest BCUT2D eigenvalue weighted by atomic mass is 10.2. The Balaban J connectivity index is 2.06. The van der Waals surface area contributed by atoms with Crippen LogP contribution in [0.3, 0.4) is 0 Å². The minimum absolute atomic E-state index is 0.178. The summed E-state index contributed by atoms with van der Waals surface area (Å²) in [6.45, 7) is 0. The summed E-state index contributed by atoms with van der Waals surface area (Å²) in [6.07, 6.45) is 0. The van der Waals surface area contributed by atoms with E-state index in [-0.39, 0.29) is 4.80 Å². The zero-order chi connectivity index (χ0) is 11.8. The van der Waals surface area contributed by atoms with Crippen LogP contribution in [0.4, 0.5) is 0 Å². The molecule has 0 saturated carbocycles. The molecular formula is C10H8N4O2S. The number of methoxy groups -OCH3 is 1. The third kappa shape index (κ3) is 1.70. The number of nitrogens with zero attached hydrogens (tertiary/aromatic N) is 3. The summed E-state index contributed by atoms with van der Waals surface area (Å²) in [6, 6.07) is 7.38. The maximum absolute atomic E-state index is 7.34. The van der Waals surface area contributed by atoms with Crippen LogP contribution in [0.25, 0.3) is 17.3 Å². The van der Waals surface area contributed by atoms with Gasteiger partial charge in [0.15, 0.2) is 0 Å². The van der Waals surface area contributed by atoms with Crippen LogP contribution in [0.2, 0.25) is 0 Å². The van der Waals surface area contributed by atoms with Crippen molar-refractivity contribution in [3.8, 4) is 17.2 Å². The molecule has 0 bridgehead atoms. The highest BCUT2D eigenvalue weighted by Crippen LogP contribution is 2.21. The van der Waals surface area contributed by atoms with Gasteiger partial charge in [-0.05, 0) is 24.3 Å². The molecule has 1 aromatic carbocycles. The number of hydrogen-bond donors (Lipinski definition) is 1. The number of nitrogens with one attached hydrogen (secondary N) is 1. The van der Waals surface area contributed by atoms with Gasteiger partial charge in [0.1, 0.15) is 5.75 Å². The first kappa shape index (κ1) is 10.0. The van der Waals surface area contributed by atoms with Crippen LogP contribution in [0, 0.1) is 5.41 Å². The maximum atomic E-state index is 7.34. The van der Waals surface area contributed by atoms with E-state index < -0.39 is 0 Å². The molecule has 0 unspecified atom stereocenters. The van der Waals surface area contributed by atoms with Gasteiger partial charge in [-0.3, -0.25) is 5.41 Å². The van der Waals surface area contributed by atoms with Gasteiger partial charge < -0.3 is 9.15 Å². The fourth-order valence-electron chi connectivity index (χ4n) is 1.44. The number of rotatable bonds is 2. The zero-order valence-electron chi connectivity index (χ0n) is 8.88. The molecule has 0 aliphatic carbocycles. The highest BCUT2D eigenvalue weighted by atomic mass is 32.1. The Hall–Kier alpha value is -2.15. The predicted molar refractivity (Wildman–Crippen MR) is 61.0 cm³/mol. The third-order valence-electron chi connectivity index (χ3n) is 2.24. The quantitative estimate of drug-likeness (QED) is 0.746. The van der Waals surface area contributed by atoms with Crippen molar-refractivity contribution < 1.29 is 9.15 Å². The van der Waals surface area contributed by atoms with Crippen LogP contribution >= 0.6 is 11.5 Å². The Kier molecular flexibility index (Phi) is 2.19. The molecule has 0 spiro atoms. The van der Waals surface area contributed by atoms with E-state index in [0.29, 0.717) is 11.7 Å². The summed E-state index contributed by atoms with van der Waals surface area (Å²) in [5.74, 6) is 1.60. The fraction of sp³-hybridized carbons (Fsp3) is 0.100. The van der Waals surface area contributed by atoms with Crippen LogP contribution in [0.15, 0.2) is 28.7 Å². The van der Waals surface area contributed by atoms with Crippen LogP contribution < -0.4 is 9.54 Å². The highest BCUT2D eigenvalue weighted by Gasteiger charge is 2.10. The Morgan fingerprint density at radius 1 is 1.35 bits per heavy atom. The molecule has 7 heteroatoms. The molecule has 17 heavy (non-hydrogen) atoms. The molecular weight excluding hydrogens is 240 g/mol. The second-order valence-electron chi connectivity index (χ2n) is 3.30. The average molecular weight is 248 g/mol. The van der Waals surface area contributed by atoms with Crippen molar-refractivity contribution in [1.29, 1.82) is 5.41 Å². The van der Waals surface area contributed by atoms with Gasteiger partial charge in [0.2, 0.25) is 10.7 Å². The van der Waals surface area contributed by atoms with Gasteiger partial charge in [-0.1, -0.05) is 0 Å². The SMILES string of the molecule is COc1ccc(-c2nn3sc(=N)nc3o2)cc1. The van der Waals surface area contributed by atoms with Gasteiger partial charge in [0.05, 0.1) is 7.11 Å². The normalized spacial score (nSPS) is 10.9. The molecule has 3 rings (SSSR count). The summed E-state index contributed by atoms with van der Waals surface area (Å²) in [5.41, 5.74) is 0.843. The monoisotopic (exact) mass is 248 g/mol. The van der Waals surface area contributed by atoms with Crippen molar-refractivity contribution in [2.45, 2.75) is 0 Å². The highest BCUT2D eigenvalue weighted by molar-refractivity contribution is 7.03. The largest absolute Gasteiger partial charge is 0.497 e. The van der Waals surface area contributed by atoms with Crippen LogP contribution in [0.1, 0.15) is 0 Å². The van der Waals surface area contributed by atoms with Crippen molar-refractivity contribution in [3.63, 3.8) is 0 Å². The van der Waals surface area contributed by atoms with E-state index in [9.17, 15) is 0 Å². The lowest BCUT2D eigenvalue weighted by Crippen LogP contribution is -1.90. The molecule has 0 aliphatic rings. The van der Waals surface area contributed by atoms with Crippen LogP contribution in [0.5, 0.6) is 5.75 Å². The van der Waals surface area contributed by atoms with Gasteiger partial charge in [0.25, 0.3) is 0 Å². The van der Waals surface area contributed by atoms with E-state index in [1.54, 1.807) is 7.11 Å². The molecule has 0 radical (unpaired) electrons. The Morgan fingerprint density at radius 2 is 2.12 bits per heavy atom. The molecule has 86 valence electrons. The van der Waals surface area contributed by atoms with Crippen molar-refractivity contribution >= 4 is 17.4 Å². The maximum Gasteiger partial charge on any atom is 0.337 e. The fourth-order valence-corrected chi connectivity index (χ4v) is 1.99. The van der Waals surface area contributed by atoms with Crippen molar-refractivity contribution in [2.75, 3.05) is 7.11 Å². The molecule has 0 saturated heterocycles. The second kappa shape index (κ2) is 3.70.